The predicted octanol–water partition coefficient (Wildman–Crippen LogP) is 3.25. The molecule has 0 radical (unpaired) electrons. The van der Waals surface area contributed by atoms with Crippen LogP contribution in [0.1, 0.15) is 34.3 Å². The molecule has 1 fully saturated rings. The summed E-state index contributed by atoms with van der Waals surface area (Å²) in [7, 11) is 3.23. The van der Waals surface area contributed by atoms with Crippen LogP contribution in [0.4, 0.5) is 5.69 Å². The highest BCUT2D eigenvalue weighted by molar-refractivity contribution is 5.98. The van der Waals surface area contributed by atoms with Crippen molar-refractivity contribution in [1.29, 1.82) is 0 Å². The molecule has 0 bridgehead atoms. The highest BCUT2D eigenvalue weighted by Gasteiger charge is 2.30. The Morgan fingerprint density at radius 2 is 1.75 bits per heavy atom. The summed E-state index contributed by atoms with van der Waals surface area (Å²) in [6, 6.07) is 11.1. The molecule has 146 valence electrons. The first-order valence-corrected chi connectivity index (χ1v) is 9.53. The van der Waals surface area contributed by atoms with Gasteiger partial charge in [-0.3, -0.25) is 9.59 Å². The molecule has 2 aliphatic rings. The van der Waals surface area contributed by atoms with E-state index >= 15 is 0 Å². The number of carbonyl (C=O) groups excluding carboxylic acids is 2. The van der Waals surface area contributed by atoms with Crippen LogP contribution in [-0.4, -0.2) is 37.5 Å². The number of hydrogen-bond donors (Lipinski definition) is 1. The van der Waals surface area contributed by atoms with Crippen LogP contribution >= 0.6 is 0 Å². The molecule has 6 nitrogen and oxygen atoms in total. The molecule has 2 aromatic carbocycles. The molecule has 1 saturated carbocycles. The van der Waals surface area contributed by atoms with Gasteiger partial charge >= 0.3 is 0 Å². The number of fused-ring (bicyclic) bond motifs is 1. The summed E-state index contributed by atoms with van der Waals surface area (Å²) in [5, 5.41) is 2.91. The number of nitrogens with one attached hydrogen (secondary N) is 1. The van der Waals surface area contributed by atoms with Gasteiger partial charge in [0.15, 0.2) is 11.5 Å². The first-order chi connectivity index (χ1) is 13.6. The fourth-order valence-corrected chi connectivity index (χ4v) is 3.56. The van der Waals surface area contributed by atoms with E-state index in [2.05, 4.69) is 5.32 Å². The average Bonchev–Trinajstić information content (AvgIpc) is 3.57. The van der Waals surface area contributed by atoms with Crippen molar-refractivity contribution in [3.63, 3.8) is 0 Å². The number of anilines is 1. The lowest BCUT2D eigenvalue weighted by molar-refractivity contribution is -0.117. The van der Waals surface area contributed by atoms with Crippen LogP contribution in [0, 0.1) is 5.92 Å². The largest absolute Gasteiger partial charge is 0.493 e. The molecule has 2 aromatic rings. The highest BCUT2D eigenvalue weighted by atomic mass is 16.5. The molecule has 0 spiro atoms. The van der Waals surface area contributed by atoms with Crippen molar-refractivity contribution in [1.82, 2.24) is 4.90 Å². The zero-order chi connectivity index (χ0) is 19.7. The van der Waals surface area contributed by atoms with Crippen molar-refractivity contribution >= 4 is 17.5 Å². The lowest BCUT2D eigenvalue weighted by atomic mass is 9.98. The molecule has 0 unspecified atom stereocenters. The highest BCUT2D eigenvalue weighted by Crippen LogP contribution is 2.34. The Hall–Kier alpha value is -3.02. The summed E-state index contributed by atoms with van der Waals surface area (Å²) in [5.41, 5.74) is 3.49. The van der Waals surface area contributed by atoms with Gasteiger partial charge in [-0.05, 0) is 60.7 Å². The third kappa shape index (κ3) is 3.67. The van der Waals surface area contributed by atoms with E-state index in [0.29, 0.717) is 35.8 Å². The summed E-state index contributed by atoms with van der Waals surface area (Å²) in [4.78, 5) is 26.8. The van der Waals surface area contributed by atoms with E-state index < -0.39 is 0 Å². The molecule has 0 aromatic heterocycles. The predicted molar refractivity (Wildman–Crippen MR) is 106 cm³/mol. The molecule has 1 aliphatic carbocycles. The van der Waals surface area contributed by atoms with Gasteiger partial charge in [-0.15, -0.1) is 0 Å². The summed E-state index contributed by atoms with van der Waals surface area (Å²) in [5.74, 6) is 1.51. The lowest BCUT2D eigenvalue weighted by Gasteiger charge is -2.30. The number of hydrogen-bond acceptors (Lipinski definition) is 4. The quantitative estimate of drug-likeness (QED) is 0.865. The standard InChI is InChI=1S/C22H24N2O4/c1-27-19-11-15-8-9-24(13-17(15)12-20(19)28-2)22(26)16-4-3-5-18(10-16)23-21(25)14-6-7-14/h3-5,10-12,14H,6-9,13H2,1-2H3,(H,23,25). The summed E-state index contributed by atoms with van der Waals surface area (Å²) >= 11 is 0. The van der Waals surface area contributed by atoms with Crippen molar-refractivity contribution < 1.29 is 19.1 Å². The minimum Gasteiger partial charge on any atom is -0.493 e. The summed E-state index contributed by atoms with van der Waals surface area (Å²) in [6.07, 6.45) is 2.66. The molecule has 28 heavy (non-hydrogen) atoms. The first-order valence-electron chi connectivity index (χ1n) is 9.53. The number of carbonyl (C=O) groups is 2. The minimum absolute atomic E-state index is 0.0389. The normalized spacial score (nSPS) is 15.6. The molecular weight excluding hydrogens is 356 g/mol. The first kappa shape index (κ1) is 18.3. The number of rotatable bonds is 5. The topological polar surface area (TPSA) is 67.9 Å². The van der Waals surface area contributed by atoms with Crippen molar-refractivity contribution in [2.45, 2.75) is 25.8 Å². The van der Waals surface area contributed by atoms with Crippen LogP contribution in [0.15, 0.2) is 36.4 Å². The van der Waals surface area contributed by atoms with Crippen LogP contribution in [0.25, 0.3) is 0 Å². The van der Waals surface area contributed by atoms with Crippen LogP contribution in [-0.2, 0) is 17.8 Å². The van der Waals surface area contributed by atoms with Gasteiger partial charge in [0.05, 0.1) is 14.2 Å². The molecule has 1 heterocycles. The van der Waals surface area contributed by atoms with Gasteiger partial charge in [0, 0.05) is 30.3 Å². The zero-order valence-corrected chi connectivity index (χ0v) is 16.2. The third-order valence-corrected chi connectivity index (χ3v) is 5.33. The van der Waals surface area contributed by atoms with E-state index in [0.717, 1.165) is 24.8 Å². The van der Waals surface area contributed by atoms with Crippen molar-refractivity contribution in [2.24, 2.45) is 5.92 Å². The van der Waals surface area contributed by atoms with Crippen LogP contribution in [0.5, 0.6) is 11.5 Å². The van der Waals surface area contributed by atoms with E-state index in [1.165, 1.54) is 5.56 Å². The number of ether oxygens (including phenoxy) is 2. The Bertz CT molecular complexity index is 921. The molecular formula is C22H24N2O4. The molecule has 6 heteroatoms. The Morgan fingerprint density at radius 3 is 2.43 bits per heavy atom. The maximum atomic E-state index is 13.0. The molecule has 1 aliphatic heterocycles. The van der Waals surface area contributed by atoms with Gasteiger partial charge in [-0.1, -0.05) is 6.07 Å². The van der Waals surface area contributed by atoms with Gasteiger partial charge < -0.3 is 19.7 Å². The van der Waals surface area contributed by atoms with Crippen molar-refractivity contribution in [2.75, 3.05) is 26.1 Å². The zero-order valence-electron chi connectivity index (χ0n) is 16.2. The van der Waals surface area contributed by atoms with E-state index in [-0.39, 0.29) is 17.7 Å². The van der Waals surface area contributed by atoms with E-state index in [4.69, 9.17) is 9.47 Å². The SMILES string of the molecule is COc1cc2c(cc1OC)CN(C(=O)c1cccc(NC(=O)C3CC3)c1)CC2. The lowest BCUT2D eigenvalue weighted by Crippen LogP contribution is -2.36. The van der Waals surface area contributed by atoms with E-state index in [1.54, 1.807) is 26.4 Å². The Morgan fingerprint density at radius 1 is 1.04 bits per heavy atom. The number of nitrogens with zero attached hydrogens (tertiary/aromatic N) is 1. The fraction of sp³-hybridized carbons (Fsp3) is 0.364. The van der Waals surface area contributed by atoms with Crippen molar-refractivity contribution in [3.05, 3.63) is 53.1 Å². The second-order valence-corrected chi connectivity index (χ2v) is 7.30. The van der Waals surface area contributed by atoms with Crippen LogP contribution < -0.4 is 14.8 Å². The maximum absolute atomic E-state index is 13.0. The summed E-state index contributed by atoms with van der Waals surface area (Å²) < 4.78 is 10.8. The Labute approximate surface area is 164 Å². The van der Waals surface area contributed by atoms with Gasteiger partial charge in [0.2, 0.25) is 5.91 Å². The third-order valence-electron chi connectivity index (χ3n) is 5.33. The van der Waals surface area contributed by atoms with Gasteiger partial charge in [-0.25, -0.2) is 0 Å². The number of amides is 2. The smallest absolute Gasteiger partial charge is 0.254 e. The molecule has 4 rings (SSSR count). The van der Waals surface area contributed by atoms with Gasteiger partial charge in [0.1, 0.15) is 0 Å². The Balaban J connectivity index is 1.51. The Kier molecular flexibility index (Phi) is 4.94. The molecule has 0 atom stereocenters. The summed E-state index contributed by atoms with van der Waals surface area (Å²) in [6.45, 7) is 1.16. The van der Waals surface area contributed by atoms with E-state index in [1.807, 2.05) is 29.2 Å². The number of benzene rings is 2. The van der Waals surface area contributed by atoms with Gasteiger partial charge in [0.25, 0.3) is 5.91 Å². The minimum atomic E-state index is -0.0389. The molecule has 1 N–H and O–H groups in total. The van der Waals surface area contributed by atoms with E-state index in [9.17, 15) is 9.59 Å². The molecule has 2 amide bonds. The maximum Gasteiger partial charge on any atom is 0.254 e. The fourth-order valence-electron chi connectivity index (χ4n) is 3.56. The second-order valence-electron chi connectivity index (χ2n) is 7.30. The second kappa shape index (κ2) is 7.54. The molecule has 0 saturated heterocycles. The number of methoxy groups -OCH3 is 2. The average molecular weight is 380 g/mol. The van der Waals surface area contributed by atoms with Gasteiger partial charge in [-0.2, -0.15) is 0 Å². The van der Waals surface area contributed by atoms with Crippen LogP contribution in [0.2, 0.25) is 0 Å². The monoisotopic (exact) mass is 380 g/mol. The van der Waals surface area contributed by atoms with Crippen molar-refractivity contribution in [3.8, 4) is 11.5 Å². The van der Waals surface area contributed by atoms with Crippen LogP contribution in [0.3, 0.4) is 0 Å².